The number of hydrogen-bond acceptors (Lipinski definition) is 7. The van der Waals surface area contributed by atoms with E-state index in [0.29, 0.717) is 4.91 Å². The second kappa shape index (κ2) is 7.00. The number of ether oxygens (including phenoxy) is 1. The van der Waals surface area contributed by atoms with Crippen LogP contribution in [0.5, 0.6) is 0 Å². The first kappa shape index (κ1) is 18.4. The monoisotopic (exact) mass is 421 g/mol. The lowest BCUT2D eigenvalue weighted by atomic mass is 10.1. The predicted octanol–water partition coefficient (Wildman–Crippen LogP) is 4.46. The number of methoxy groups -OCH3 is 1. The molecule has 3 aromatic rings. The summed E-state index contributed by atoms with van der Waals surface area (Å²) < 4.78 is 4.82. The molecule has 1 N–H and O–H groups in total. The number of nitrogens with one attached hydrogen (secondary N) is 1. The minimum atomic E-state index is -0.264. The Labute approximate surface area is 176 Å². The van der Waals surface area contributed by atoms with Crippen LogP contribution in [0.2, 0.25) is 0 Å². The number of thiazole rings is 1. The van der Waals surface area contributed by atoms with Crippen LogP contribution < -0.4 is 5.32 Å². The van der Waals surface area contributed by atoms with Crippen molar-refractivity contribution < 1.29 is 9.53 Å². The molecular formula is C22H19N3O2S2. The number of fused-ring (bicyclic) bond motifs is 2. The molecule has 2 aromatic heterocycles. The summed E-state index contributed by atoms with van der Waals surface area (Å²) in [7, 11) is 1.42. The zero-order valence-corrected chi connectivity index (χ0v) is 17.9. The fraction of sp³-hybridized carbons (Fsp3) is 0.227. The first-order valence-corrected chi connectivity index (χ1v) is 11.0. The average Bonchev–Trinajstić information content (AvgIpc) is 3.39. The molecular weight excluding hydrogens is 402 g/mol. The first-order chi connectivity index (χ1) is 14.0. The van der Waals surface area contributed by atoms with E-state index in [1.807, 2.05) is 19.9 Å². The Kier molecular flexibility index (Phi) is 4.44. The number of nitrogens with zero attached hydrogens (tertiary/aromatic N) is 2. The molecule has 0 bridgehead atoms. The van der Waals surface area contributed by atoms with Gasteiger partial charge in [-0.3, -0.25) is 0 Å². The lowest BCUT2D eigenvalue weighted by molar-refractivity contribution is -0.135. The molecule has 2 unspecified atom stereocenters. The van der Waals surface area contributed by atoms with E-state index in [9.17, 15) is 4.79 Å². The van der Waals surface area contributed by atoms with Crippen LogP contribution in [0.3, 0.4) is 0 Å². The number of esters is 1. The van der Waals surface area contributed by atoms with Gasteiger partial charge in [-0.05, 0) is 49.8 Å². The first-order valence-electron chi connectivity index (χ1n) is 9.32. The Balaban J connectivity index is 1.41. The molecule has 0 saturated heterocycles. The summed E-state index contributed by atoms with van der Waals surface area (Å²) >= 11 is 3.23. The maximum atomic E-state index is 11.7. The second-order valence-corrected chi connectivity index (χ2v) is 9.53. The van der Waals surface area contributed by atoms with E-state index in [1.54, 1.807) is 23.1 Å². The van der Waals surface area contributed by atoms with E-state index >= 15 is 0 Å². The molecule has 1 aromatic carbocycles. The highest BCUT2D eigenvalue weighted by Crippen LogP contribution is 2.40. The number of aromatic nitrogens is 2. The van der Waals surface area contributed by atoms with E-state index in [-0.39, 0.29) is 17.3 Å². The quantitative estimate of drug-likeness (QED) is 0.630. The highest BCUT2D eigenvalue weighted by Gasteiger charge is 2.35. The molecule has 5 rings (SSSR count). The average molecular weight is 422 g/mol. The van der Waals surface area contributed by atoms with Gasteiger partial charge >= 0.3 is 5.97 Å². The van der Waals surface area contributed by atoms with Gasteiger partial charge in [0.05, 0.1) is 50.1 Å². The fourth-order valence-electron chi connectivity index (χ4n) is 3.76. The molecule has 29 heavy (non-hydrogen) atoms. The lowest BCUT2D eigenvalue weighted by Crippen LogP contribution is -2.24. The van der Waals surface area contributed by atoms with Crippen LogP contribution in [-0.4, -0.2) is 34.3 Å². The highest BCUT2D eigenvalue weighted by atomic mass is 32.2. The van der Waals surface area contributed by atoms with Gasteiger partial charge in [-0.1, -0.05) is 12.1 Å². The van der Waals surface area contributed by atoms with Crippen molar-refractivity contribution in [1.82, 2.24) is 15.3 Å². The van der Waals surface area contributed by atoms with E-state index < -0.39 is 0 Å². The van der Waals surface area contributed by atoms with Crippen LogP contribution >= 0.6 is 23.1 Å². The number of benzene rings is 1. The summed E-state index contributed by atoms with van der Waals surface area (Å²) in [4.78, 5) is 22.9. The number of pyridine rings is 1. The van der Waals surface area contributed by atoms with E-state index in [0.717, 1.165) is 43.4 Å². The standard InChI is InChI=1S/C22H19N3O2S2/c1-11-21(28-12(2)23-11)16-7-5-13-8-14(4-6-15(13)24-16)17-9-19-18(25-17)10-20(29-19)22(26)27-3/h4-10,18-19,25H,1-3H3. The molecule has 2 aliphatic heterocycles. The van der Waals surface area contributed by atoms with Crippen molar-refractivity contribution in [3.8, 4) is 10.6 Å². The third kappa shape index (κ3) is 3.24. The van der Waals surface area contributed by atoms with Gasteiger partial charge in [-0.15, -0.1) is 23.1 Å². The molecule has 0 spiro atoms. The smallest absolute Gasteiger partial charge is 0.344 e. The van der Waals surface area contributed by atoms with Crippen molar-refractivity contribution in [2.75, 3.05) is 7.11 Å². The van der Waals surface area contributed by atoms with Crippen molar-refractivity contribution >= 4 is 45.7 Å². The number of carbonyl (C=O) groups is 1. The largest absolute Gasteiger partial charge is 0.465 e. The van der Waals surface area contributed by atoms with Crippen LogP contribution in [0.15, 0.2) is 47.4 Å². The summed E-state index contributed by atoms with van der Waals surface area (Å²) in [6.45, 7) is 4.05. The van der Waals surface area contributed by atoms with Crippen molar-refractivity contribution in [3.63, 3.8) is 0 Å². The topological polar surface area (TPSA) is 64.1 Å². The molecule has 7 heteroatoms. The predicted molar refractivity (Wildman–Crippen MR) is 119 cm³/mol. The summed E-state index contributed by atoms with van der Waals surface area (Å²) in [5.74, 6) is -0.264. The van der Waals surface area contributed by atoms with E-state index in [4.69, 9.17) is 9.72 Å². The van der Waals surface area contributed by atoms with Gasteiger partial charge in [-0.25, -0.2) is 14.8 Å². The van der Waals surface area contributed by atoms with Crippen LogP contribution in [-0.2, 0) is 9.53 Å². The molecule has 4 heterocycles. The Morgan fingerprint density at radius 2 is 2.00 bits per heavy atom. The zero-order chi connectivity index (χ0) is 20.1. The number of carbonyl (C=O) groups excluding carboxylic acids is 1. The third-order valence-electron chi connectivity index (χ3n) is 5.12. The number of aryl methyl sites for hydroxylation is 2. The van der Waals surface area contributed by atoms with Gasteiger partial charge in [-0.2, -0.15) is 0 Å². The van der Waals surface area contributed by atoms with Gasteiger partial charge < -0.3 is 10.1 Å². The Hall–Kier alpha value is -2.64. The van der Waals surface area contributed by atoms with Crippen LogP contribution in [0.1, 0.15) is 16.3 Å². The minimum Gasteiger partial charge on any atom is -0.465 e. The molecule has 0 aliphatic carbocycles. The Morgan fingerprint density at radius 3 is 2.72 bits per heavy atom. The maximum Gasteiger partial charge on any atom is 0.344 e. The summed E-state index contributed by atoms with van der Waals surface area (Å²) in [5, 5.41) is 5.89. The van der Waals surface area contributed by atoms with Crippen LogP contribution in [0.4, 0.5) is 0 Å². The lowest BCUT2D eigenvalue weighted by Gasteiger charge is -2.10. The summed E-state index contributed by atoms with van der Waals surface area (Å²) in [5.41, 5.74) is 5.18. The molecule has 146 valence electrons. The summed E-state index contributed by atoms with van der Waals surface area (Å²) in [6.07, 6.45) is 4.15. The Morgan fingerprint density at radius 1 is 1.14 bits per heavy atom. The highest BCUT2D eigenvalue weighted by molar-refractivity contribution is 8.05. The SMILES string of the molecule is COC(=O)C1=CC2NC(c3ccc4nc(-c5sc(C)nc5C)ccc4c3)=CC2S1. The molecule has 2 atom stereocenters. The van der Waals surface area contributed by atoms with E-state index in [1.165, 1.54) is 7.11 Å². The van der Waals surface area contributed by atoms with Crippen molar-refractivity contribution in [1.29, 1.82) is 0 Å². The molecule has 5 nitrogen and oxygen atoms in total. The van der Waals surface area contributed by atoms with Gasteiger partial charge in [0.15, 0.2) is 0 Å². The van der Waals surface area contributed by atoms with Gasteiger partial charge in [0.1, 0.15) is 0 Å². The minimum absolute atomic E-state index is 0.123. The number of rotatable bonds is 3. The summed E-state index contributed by atoms with van der Waals surface area (Å²) in [6, 6.07) is 10.6. The molecule has 0 radical (unpaired) electrons. The van der Waals surface area contributed by atoms with Crippen molar-refractivity contribution in [2.24, 2.45) is 0 Å². The van der Waals surface area contributed by atoms with Gasteiger partial charge in [0.2, 0.25) is 0 Å². The maximum absolute atomic E-state index is 11.7. The van der Waals surface area contributed by atoms with E-state index in [2.05, 4.69) is 46.7 Å². The fourth-order valence-corrected chi connectivity index (χ4v) is 5.84. The zero-order valence-electron chi connectivity index (χ0n) is 16.2. The van der Waals surface area contributed by atoms with Crippen molar-refractivity contribution in [2.45, 2.75) is 25.1 Å². The van der Waals surface area contributed by atoms with Crippen LogP contribution in [0, 0.1) is 13.8 Å². The van der Waals surface area contributed by atoms with Gasteiger partial charge in [0.25, 0.3) is 0 Å². The van der Waals surface area contributed by atoms with Crippen LogP contribution in [0.25, 0.3) is 27.2 Å². The second-order valence-electron chi connectivity index (χ2n) is 7.11. The molecule has 2 aliphatic rings. The normalized spacial score (nSPS) is 20.2. The Bertz CT molecular complexity index is 1210. The van der Waals surface area contributed by atoms with Crippen molar-refractivity contribution in [3.05, 3.63) is 63.7 Å². The third-order valence-corrected chi connectivity index (χ3v) is 7.48. The van der Waals surface area contributed by atoms with Gasteiger partial charge in [0, 0.05) is 11.1 Å². The molecule has 0 fully saturated rings. The number of hydrogen-bond donors (Lipinski definition) is 1. The molecule has 0 amide bonds. The number of thioether (sulfide) groups is 1. The molecule has 0 saturated carbocycles.